The number of aromatic nitrogens is 3. The first-order valence-electron chi connectivity index (χ1n) is 7.47. The van der Waals surface area contributed by atoms with Crippen molar-refractivity contribution in [2.75, 3.05) is 6.61 Å². The molecule has 25 heavy (non-hydrogen) atoms. The van der Waals surface area contributed by atoms with E-state index in [1.165, 1.54) is 10.8 Å². The lowest BCUT2D eigenvalue weighted by Gasteiger charge is -2.02. The Kier molecular flexibility index (Phi) is 4.55. The van der Waals surface area contributed by atoms with Crippen molar-refractivity contribution >= 4 is 5.69 Å². The molecule has 3 aromatic rings. The Morgan fingerprint density at radius 2 is 2.04 bits per heavy atom. The van der Waals surface area contributed by atoms with Crippen LogP contribution >= 0.6 is 0 Å². The second kappa shape index (κ2) is 6.95. The molecule has 0 bridgehead atoms. The van der Waals surface area contributed by atoms with Gasteiger partial charge in [-0.15, -0.1) is 0 Å². The highest BCUT2D eigenvalue weighted by atomic mass is 16.6. The van der Waals surface area contributed by atoms with Crippen molar-refractivity contribution in [3.05, 3.63) is 69.0 Å². The van der Waals surface area contributed by atoms with Crippen LogP contribution in [0.2, 0.25) is 0 Å². The van der Waals surface area contributed by atoms with Crippen LogP contribution in [-0.2, 0) is 6.54 Å². The minimum Gasteiger partial charge on any atom is -0.494 e. The maximum Gasteiger partial charge on any atom is 0.332 e. The summed E-state index contributed by atoms with van der Waals surface area (Å²) in [6.07, 6.45) is 2.57. The number of pyridine rings is 1. The molecule has 0 aliphatic heterocycles. The lowest BCUT2D eigenvalue weighted by atomic mass is 10.2. The number of nitrogens with zero attached hydrogens (tertiary/aromatic N) is 4. The molecule has 0 unspecified atom stereocenters. The van der Waals surface area contributed by atoms with Gasteiger partial charge in [0.05, 0.1) is 17.7 Å². The Bertz CT molecular complexity index is 946. The smallest absolute Gasteiger partial charge is 0.332 e. The molecule has 0 aliphatic rings. The van der Waals surface area contributed by atoms with Crippen molar-refractivity contribution in [3.8, 4) is 17.1 Å². The summed E-state index contributed by atoms with van der Waals surface area (Å²) in [7, 11) is 0. The molecule has 2 heterocycles. The highest BCUT2D eigenvalue weighted by Gasteiger charge is 2.14. The molecule has 0 spiro atoms. The van der Waals surface area contributed by atoms with Crippen molar-refractivity contribution in [2.45, 2.75) is 13.5 Å². The van der Waals surface area contributed by atoms with Crippen molar-refractivity contribution in [2.24, 2.45) is 0 Å². The Balaban J connectivity index is 1.79. The third-order valence-electron chi connectivity index (χ3n) is 3.36. The van der Waals surface area contributed by atoms with Crippen LogP contribution in [0.4, 0.5) is 5.69 Å². The van der Waals surface area contributed by atoms with Gasteiger partial charge in [0, 0.05) is 17.8 Å². The highest BCUT2D eigenvalue weighted by Crippen LogP contribution is 2.20. The molecule has 1 aromatic carbocycles. The van der Waals surface area contributed by atoms with Crippen LogP contribution in [-0.4, -0.2) is 26.2 Å². The van der Waals surface area contributed by atoms with E-state index in [1.54, 1.807) is 12.1 Å². The van der Waals surface area contributed by atoms with E-state index in [0.717, 1.165) is 23.6 Å². The first kappa shape index (κ1) is 16.4. The zero-order valence-electron chi connectivity index (χ0n) is 13.3. The zero-order chi connectivity index (χ0) is 17.8. The highest BCUT2D eigenvalue weighted by molar-refractivity contribution is 5.55. The molecule has 0 aliphatic carbocycles. The van der Waals surface area contributed by atoms with Crippen LogP contribution in [0.25, 0.3) is 11.4 Å². The minimum atomic E-state index is -0.724. The van der Waals surface area contributed by atoms with E-state index in [4.69, 9.17) is 9.26 Å². The molecule has 128 valence electrons. The van der Waals surface area contributed by atoms with Gasteiger partial charge in [0.2, 0.25) is 11.7 Å². The quantitative estimate of drug-likeness (QED) is 0.498. The van der Waals surface area contributed by atoms with Crippen molar-refractivity contribution < 1.29 is 14.2 Å². The van der Waals surface area contributed by atoms with Gasteiger partial charge in [0.15, 0.2) is 0 Å². The Morgan fingerprint density at radius 1 is 1.28 bits per heavy atom. The molecule has 9 nitrogen and oxygen atoms in total. The second-order valence-electron chi connectivity index (χ2n) is 5.09. The molecule has 0 atom stereocenters. The summed E-state index contributed by atoms with van der Waals surface area (Å²) in [5, 5.41) is 14.7. The first-order valence-corrected chi connectivity index (χ1v) is 7.47. The molecule has 0 radical (unpaired) electrons. The number of hydrogen-bond acceptors (Lipinski definition) is 7. The summed E-state index contributed by atoms with van der Waals surface area (Å²) in [6, 6.07) is 8.36. The van der Waals surface area contributed by atoms with E-state index in [9.17, 15) is 14.9 Å². The van der Waals surface area contributed by atoms with Crippen LogP contribution in [0, 0.1) is 10.1 Å². The molecule has 0 fully saturated rings. The fourth-order valence-corrected chi connectivity index (χ4v) is 2.21. The SMILES string of the molecule is CCOc1ccc(-c2noc(Cn3ccc(=O)c([N+](=O)[O-])c3)n2)cc1. The van der Waals surface area contributed by atoms with E-state index in [-0.39, 0.29) is 12.4 Å². The summed E-state index contributed by atoms with van der Waals surface area (Å²) < 4.78 is 12.0. The lowest BCUT2D eigenvalue weighted by Crippen LogP contribution is -2.11. The van der Waals surface area contributed by atoms with Gasteiger partial charge in [-0.25, -0.2) is 0 Å². The van der Waals surface area contributed by atoms with Gasteiger partial charge < -0.3 is 13.8 Å². The minimum absolute atomic E-state index is 0.116. The van der Waals surface area contributed by atoms with Crippen molar-refractivity contribution in [1.29, 1.82) is 0 Å². The molecule has 3 rings (SSSR count). The number of benzene rings is 1. The van der Waals surface area contributed by atoms with Gasteiger partial charge in [-0.1, -0.05) is 5.16 Å². The van der Waals surface area contributed by atoms with Gasteiger partial charge in [-0.3, -0.25) is 14.9 Å². The fraction of sp³-hybridized carbons (Fsp3) is 0.188. The van der Waals surface area contributed by atoms with Crippen molar-refractivity contribution in [1.82, 2.24) is 14.7 Å². The van der Waals surface area contributed by atoms with E-state index < -0.39 is 16.0 Å². The molecule has 0 N–H and O–H groups in total. The summed E-state index contributed by atoms with van der Waals surface area (Å²) in [6.45, 7) is 2.60. The van der Waals surface area contributed by atoms with Crippen LogP contribution < -0.4 is 10.2 Å². The predicted octanol–water partition coefficient (Wildman–Crippen LogP) is 2.25. The second-order valence-corrected chi connectivity index (χ2v) is 5.09. The Hall–Kier alpha value is -3.49. The largest absolute Gasteiger partial charge is 0.494 e. The maximum absolute atomic E-state index is 11.4. The van der Waals surface area contributed by atoms with Gasteiger partial charge in [-0.05, 0) is 31.2 Å². The van der Waals surface area contributed by atoms with Crippen molar-refractivity contribution in [3.63, 3.8) is 0 Å². The topological polar surface area (TPSA) is 113 Å². The number of ether oxygens (including phenoxy) is 1. The molecule has 0 saturated carbocycles. The van der Waals surface area contributed by atoms with Gasteiger partial charge >= 0.3 is 5.69 Å². The number of hydrogen-bond donors (Lipinski definition) is 0. The summed E-state index contributed by atoms with van der Waals surface area (Å²) in [5.41, 5.74) is -0.403. The molecular formula is C16H14N4O5. The normalized spacial score (nSPS) is 10.6. The summed E-state index contributed by atoms with van der Waals surface area (Å²) in [4.78, 5) is 25.8. The van der Waals surface area contributed by atoms with Crippen LogP contribution in [0.15, 0.2) is 52.0 Å². The molecular weight excluding hydrogens is 328 g/mol. The zero-order valence-corrected chi connectivity index (χ0v) is 13.3. The standard InChI is InChI=1S/C16H14N4O5/c1-2-24-12-5-3-11(4-6-12)16-17-15(25-18-16)10-19-8-7-14(21)13(9-19)20(22)23/h3-9H,2,10H2,1H3. The predicted molar refractivity (Wildman–Crippen MR) is 87.4 cm³/mol. The average Bonchev–Trinajstić information content (AvgIpc) is 3.06. The maximum atomic E-state index is 11.4. The third kappa shape index (κ3) is 3.71. The Morgan fingerprint density at radius 3 is 2.72 bits per heavy atom. The van der Waals surface area contributed by atoms with Gasteiger partial charge in [0.25, 0.3) is 5.43 Å². The fourth-order valence-electron chi connectivity index (χ4n) is 2.21. The van der Waals surface area contributed by atoms with E-state index in [1.807, 2.05) is 19.1 Å². The molecule has 2 aromatic heterocycles. The van der Waals surface area contributed by atoms with E-state index in [0.29, 0.717) is 12.4 Å². The number of nitro groups is 1. The van der Waals surface area contributed by atoms with E-state index in [2.05, 4.69) is 10.1 Å². The van der Waals surface area contributed by atoms with Crippen LogP contribution in [0.5, 0.6) is 5.75 Å². The lowest BCUT2D eigenvalue weighted by molar-refractivity contribution is -0.386. The average molecular weight is 342 g/mol. The summed E-state index contributed by atoms with van der Waals surface area (Å²) in [5.74, 6) is 1.41. The van der Waals surface area contributed by atoms with Crippen LogP contribution in [0.3, 0.4) is 0 Å². The third-order valence-corrected chi connectivity index (χ3v) is 3.36. The van der Waals surface area contributed by atoms with E-state index >= 15 is 0 Å². The van der Waals surface area contributed by atoms with Crippen LogP contribution in [0.1, 0.15) is 12.8 Å². The molecule has 0 amide bonds. The Labute approximate surface area is 141 Å². The number of rotatable bonds is 6. The summed E-state index contributed by atoms with van der Waals surface area (Å²) >= 11 is 0. The molecule has 0 saturated heterocycles. The monoisotopic (exact) mass is 342 g/mol. The first-order chi connectivity index (χ1) is 12.1. The van der Waals surface area contributed by atoms with Gasteiger partial charge in [0.1, 0.15) is 12.3 Å². The van der Waals surface area contributed by atoms with Gasteiger partial charge in [-0.2, -0.15) is 4.98 Å². The molecule has 9 heteroatoms.